The minimum atomic E-state index is -0.0179. The molecule has 0 radical (unpaired) electrons. The van der Waals surface area contributed by atoms with Crippen LogP contribution in [0, 0.1) is 0 Å². The van der Waals surface area contributed by atoms with Crippen LogP contribution in [0.1, 0.15) is 47.3 Å². The minimum Gasteiger partial charge on any atom is -0.306 e. The summed E-state index contributed by atoms with van der Waals surface area (Å²) in [6.07, 6.45) is 5.27. The number of hydrazone groups is 1. The number of hydrogen-bond donors (Lipinski definition) is 0. The number of nitrogens with zero attached hydrogens (tertiary/aromatic N) is 5. The van der Waals surface area contributed by atoms with Gasteiger partial charge in [0.05, 0.1) is 22.4 Å². The van der Waals surface area contributed by atoms with E-state index in [0.29, 0.717) is 5.75 Å². The molecule has 3 aromatic heterocycles. The molecule has 5 heterocycles. The first-order valence-electron chi connectivity index (χ1n) is 9.81. The van der Waals surface area contributed by atoms with Crippen LogP contribution in [0.4, 0.5) is 0 Å². The van der Waals surface area contributed by atoms with Gasteiger partial charge < -0.3 is 4.57 Å². The average Bonchev–Trinajstić information content (AvgIpc) is 3.51. The maximum atomic E-state index is 13.1. The number of carbonyl (C=O) groups is 1. The van der Waals surface area contributed by atoms with E-state index in [0.717, 1.165) is 53.8 Å². The van der Waals surface area contributed by atoms with Gasteiger partial charge in [-0.05, 0) is 35.7 Å². The van der Waals surface area contributed by atoms with Crippen LogP contribution >= 0.6 is 34.4 Å². The van der Waals surface area contributed by atoms with E-state index in [4.69, 9.17) is 5.10 Å². The Kier molecular flexibility index (Phi) is 5.52. The number of thiophene rings is 2. The van der Waals surface area contributed by atoms with Crippen LogP contribution in [0.5, 0.6) is 0 Å². The van der Waals surface area contributed by atoms with Gasteiger partial charge in [0.1, 0.15) is 5.82 Å². The molecule has 0 N–H and O–H groups in total. The predicted molar refractivity (Wildman–Crippen MR) is 118 cm³/mol. The normalized spacial score (nSPS) is 19.1. The number of aromatic nitrogens is 3. The van der Waals surface area contributed by atoms with Crippen LogP contribution in [0.25, 0.3) is 0 Å². The number of aryl methyl sites for hydroxylation is 1. The Hall–Kier alpha value is -1.97. The molecule has 1 atom stereocenters. The zero-order valence-corrected chi connectivity index (χ0v) is 18.3. The predicted octanol–water partition coefficient (Wildman–Crippen LogP) is 4.60. The molecule has 2 aliphatic rings. The highest BCUT2D eigenvalue weighted by atomic mass is 32.2. The Morgan fingerprint density at radius 1 is 1.14 bits per heavy atom. The smallest absolute Gasteiger partial charge is 0.253 e. The SMILES string of the molecule is O=C(CSc1nnc2n1CCCCC2)N1N=C(c2cccs2)C[C@@H]1c1cccs1. The van der Waals surface area contributed by atoms with Crippen molar-refractivity contribution in [3.05, 3.63) is 50.6 Å². The lowest BCUT2D eigenvalue weighted by atomic mass is 10.1. The Bertz CT molecular complexity index is 1010. The summed E-state index contributed by atoms with van der Waals surface area (Å²) in [5.41, 5.74) is 0.994. The van der Waals surface area contributed by atoms with Gasteiger partial charge in [-0.15, -0.1) is 32.9 Å². The van der Waals surface area contributed by atoms with E-state index in [9.17, 15) is 4.79 Å². The summed E-state index contributed by atoms with van der Waals surface area (Å²) in [4.78, 5) is 15.5. The quantitative estimate of drug-likeness (QED) is 0.541. The van der Waals surface area contributed by atoms with Crippen molar-refractivity contribution in [2.24, 2.45) is 5.10 Å². The van der Waals surface area contributed by atoms with E-state index >= 15 is 0 Å². The molecule has 5 rings (SSSR count). The van der Waals surface area contributed by atoms with Crippen LogP contribution in [-0.4, -0.2) is 37.1 Å². The summed E-state index contributed by atoms with van der Waals surface area (Å²) in [6, 6.07) is 8.21. The fourth-order valence-corrected chi connectivity index (χ4v) is 6.16. The molecule has 150 valence electrons. The van der Waals surface area contributed by atoms with Crippen molar-refractivity contribution in [2.45, 2.75) is 49.8 Å². The average molecular weight is 444 g/mol. The van der Waals surface area contributed by atoms with Crippen LogP contribution in [0.15, 0.2) is 45.3 Å². The fourth-order valence-electron chi connectivity index (χ4n) is 3.79. The van der Waals surface area contributed by atoms with E-state index in [1.54, 1.807) is 27.7 Å². The minimum absolute atomic E-state index is 0.0179. The molecule has 0 bridgehead atoms. The molecule has 0 aromatic carbocycles. The number of fused-ring (bicyclic) bond motifs is 1. The summed E-state index contributed by atoms with van der Waals surface area (Å²) in [5.74, 6) is 1.39. The fraction of sp³-hybridized carbons (Fsp3) is 0.400. The highest BCUT2D eigenvalue weighted by Crippen LogP contribution is 2.36. The van der Waals surface area contributed by atoms with Crippen LogP contribution in [0.2, 0.25) is 0 Å². The largest absolute Gasteiger partial charge is 0.306 e. The number of thioether (sulfide) groups is 1. The summed E-state index contributed by atoms with van der Waals surface area (Å²) >= 11 is 4.83. The molecule has 0 unspecified atom stereocenters. The molecule has 0 spiro atoms. The van der Waals surface area contributed by atoms with Crippen molar-refractivity contribution in [2.75, 3.05) is 5.75 Å². The first kappa shape index (κ1) is 19.0. The van der Waals surface area contributed by atoms with Crippen molar-refractivity contribution in [3.63, 3.8) is 0 Å². The zero-order chi connectivity index (χ0) is 19.6. The van der Waals surface area contributed by atoms with E-state index in [1.165, 1.54) is 23.1 Å². The van der Waals surface area contributed by atoms with Gasteiger partial charge in [-0.2, -0.15) is 5.10 Å². The first-order chi connectivity index (χ1) is 14.3. The Morgan fingerprint density at radius 2 is 2.03 bits per heavy atom. The third-order valence-corrected chi connectivity index (χ3v) is 8.09. The molecule has 3 aromatic rings. The molecule has 29 heavy (non-hydrogen) atoms. The van der Waals surface area contributed by atoms with Crippen molar-refractivity contribution in [1.29, 1.82) is 0 Å². The molecular formula is C20H21N5OS3. The second-order valence-corrected chi connectivity index (χ2v) is 10.0. The molecule has 0 fully saturated rings. The monoisotopic (exact) mass is 443 g/mol. The van der Waals surface area contributed by atoms with E-state index in [1.807, 2.05) is 12.1 Å². The number of carbonyl (C=O) groups excluding carboxylic acids is 1. The number of amides is 1. The Labute approximate surface area is 181 Å². The van der Waals surface area contributed by atoms with E-state index in [-0.39, 0.29) is 11.9 Å². The van der Waals surface area contributed by atoms with Gasteiger partial charge in [0.2, 0.25) is 0 Å². The van der Waals surface area contributed by atoms with Gasteiger partial charge >= 0.3 is 0 Å². The summed E-state index contributed by atoms with van der Waals surface area (Å²) in [7, 11) is 0. The topological polar surface area (TPSA) is 63.4 Å². The first-order valence-corrected chi connectivity index (χ1v) is 12.6. The maximum Gasteiger partial charge on any atom is 0.253 e. The second-order valence-electron chi connectivity index (χ2n) is 7.15. The zero-order valence-electron chi connectivity index (χ0n) is 15.9. The molecule has 6 nitrogen and oxygen atoms in total. The summed E-state index contributed by atoms with van der Waals surface area (Å²) in [5, 5.41) is 20.1. The van der Waals surface area contributed by atoms with Gasteiger partial charge in [-0.25, -0.2) is 5.01 Å². The van der Waals surface area contributed by atoms with E-state index < -0.39 is 0 Å². The molecule has 0 aliphatic carbocycles. The molecular weight excluding hydrogens is 422 g/mol. The lowest BCUT2D eigenvalue weighted by Gasteiger charge is -2.20. The lowest BCUT2D eigenvalue weighted by molar-refractivity contribution is -0.130. The van der Waals surface area contributed by atoms with Gasteiger partial charge in [0.25, 0.3) is 5.91 Å². The molecule has 0 saturated carbocycles. The second kappa shape index (κ2) is 8.41. The maximum absolute atomic E-state index is 13.1. The van der Waals surface area contributed by atoms with Crippen LogP contribution in [-0.2, 0) is 17.8 Å². The van der Waals surface area contributed by atoms with Crippen LogP contribution < -0.4 is 0 Å². The molecule has 1 amide bonds. The van der Waals surface area contributed by atoms with Gasteiger partial charge in [0, 0.05) is 24.3 Å². The van der Waals surface area contributed by atoms with Gasteiger partial charge in [0.15, 0.2) is 5.16 Å². The highest BCUT2D eigenvalue weighted by Gasteiger charge is 2.34. The van der Waals surface area contributed by atoms with Crippen molar-refractivity contribution in [1.82, 2.24) is 19.8 Å². The van der Waals surface area contributed by atoms with Gasteiger partial charge in [-0.3, -0.25) is 4.79 Å². The summed E-state index contributed by atoms with van der Waals surface area (Å²) < 4.78 is 2.19. The van der Waals surface area contributed by atoms with Crippen molar-refractivity contribution >= 4 is 46.1 Å². The number of hydrogen-bond acceptors (Lipinski definition) is 7. The standard InChI is InChI=1S/C20H21N5OS3/c26-19(13-29-20-22-21-18-8-2-1-3-9-24(18)20)25-15(17-7-5-11-28-17)12-14(23-25)16-6-4-10-27-16/h4-7,10-11,15H,1-3,8-9,12-13H2/t15-/m1/s1. The third kappa shape index (κ3) is 3.91. The van der Waals surface area contributed by atoms with Crippen molar-refractivity contribution in [3.8, 4) is 0 Å². The van der Waals surface area contributed by atoms with E-state index in [2.05, 4.69) is 37.7 Å². The molecule has 2 aliphatic heterocycles. The van der Waals surface area contributed by atoms with Crippen molar-refractivity contribution < 1.29 is 4.79 Å². The third-order valence-electron chi connectivity index (χ3n) is 5.24. The molecule has 9 heteroatoms. The van der Waals surface area contributed by atoms with Crippen LogP contribution in [0.3, 0.4) is 0 Å². The highest BCUT2D eigenvalue weighted by molar-refractivity contribution is 7.99. The number of rotatable bonds is 5. The lowest BCUT2D eigenvalue weighted by Crippen LogP contribution is -2.28. The van der Waals surface area contributed by atoms with Gasteiger partial charge in [-0.1, -0.05) is 30.3 Å². The summed E-state index contributed by atoms with van der Waals surface area (Å²) in [6.45, 7) is 0.946. The molecule has 0 saturated heterocycles. The Morgan fingerprint density at radius 3 is 2.86 bits per heavy atom. The Balaban J connectivity index is 1.34.